The Morgan fingerprint density at radius 3 is 2.50 bits per heavy atom. The summed E-state index contributed by atoms with van der Waals surface area (Å²) >= 11 is 0. The summed E-state index contributed by atoms with van der Waals surface area (Å²) in [5.41, 5.74) is -0.0770. The van der Waals surface area contributed by atoms with Crippen molar-refractivity contribution in [2.45, 2.75) is 6.92 Å². The maximum atomic E-state index is 11.1. The van der Waals surface area contributed by atoms with E-state index in [-0.39, 0.29) is 17.0 Å². The predicted molar refractivity (Wildman–Crippen MR) is 45.6 cm³/mol. The van der Waals surface area contributed by atoms with E-state index in [0.717, 1.165) is 0 Å². The zero-order chi connectivity index (χ0) is 9.30. The molecule has 1 aromatic heterocycles. The van der Waals surface area contributed by atoms with Gasteiger partial charge in [0.15, 0.2) is 0 Å². The van der Waals surface area contributed by atoms with Crippen LogP contribution in [-0.2, 0) is 0 Å². The molecule has 0 spiro atoms. The topological polar surface area (TPSA) is 69.2 Å². The number of rotatable bonds is 1. The summed E-state index contributed by atoms with van der Waals surface area (Å²) in [5, 5.41) is 9.17. The van der Waals surface area contributed by atoms with E-state index in [4.69, 9.17) is 0 Å². The number of aromatic nitrogens is 2. The first-order valence-electron chi connectivity index (χ1n) is 3.49. The first-order chi connectivity index (χ1) is 5.52. The van der Waals surface area contributed by atoms with Gasteiger partial charge < -0.3 is 10.0 Å². The summed E-state index contributed by atoms with van der Waals surface area (Å²) in [7, 11) is 3.46. The van der Waals surface area contributed by atoms with Gasteiger partial charge in [-0.1, -0.05) is 0 Å². The molecule has 0 aliphatic rings. The molecule has 0 aromatic carbocycles. The second-order valence-electron chi connectivity index (χ2n) is 2.73. The molecule has 0 saturated carbocycles. The Kier molecular flexibility index (Phi) is 2.03. The number of nitrogens with one attached hydrogen (secondary N) is 1. The van der Waals surface area contributed by atoms with Gasteiger partial charge in [0.1, 0.15) is 0 Å². The van der Waals surface area contributed by atoms with Gasteiger partial charge in [0, 0.05) is 14.1 Å². The minimum absolute atomic E-state index is 0.220. The lowest BCUT2D eigenvalue weighted by atomic mass is 10.4. The summed E-state index contributed by atoms with van der Waals surface area (Å²) in [5.74, 6) is 0.130. The van der Waals surface area contributed by atoms with Crippen LogP contribution in [-0.4, -0.2) is 29.2 Å². The number of hydrogen-bond donors (Lipinski definition) is 2. The summed E-state index contributed by atoms with van der Waals surface area (Å²) in [6, 6.07) is 0. The highest BCUT2D eigenvalue weighted by atomic mass is 16.3. The van der Waals surface area contributed by atoms with Crippen LogP contribution < -0.4 is 10.5 Å². The fourth-order valence-corrected chi connectivity index (χ4v) is 0.721. The standard InChI is InChI=1S/C7H11N3O2/c1-4-5(11)8-7(10(2)3)9-6(4)12/h1-3H3,(H2,8,9,11,12). The van der Waals surface area contributed by atoms with Crippen LogP contribution in [0.25, 0.3) is 0 Å². The highest BCUT2D eigenvalue weighted by molar-refractivity contribution is 5.32. The zero-order valence-electron chi connectivity index (χ0n) is 7.25. The van der Waals surface area contributed by atoms with Gasteiger partial charge in [-0.25, -0.2) is 0 Å². The van der Waals surface area contributed by atoms with E-state index in [2.05, 4.69) is 9.97 Å². The fourth-order valence-electron chi connectivity index (χ4n) is 0.721. The fraction of sp³-hybridized carbons (Fsp3) is 0.429. The molecule has 0 aliphatic heterocycles. The Balaban J connectivity index is 3.31. The summed E-state index contributed by atoms with van der Waals surface area (Å²) < 4.78 is 0. The molecule has 0 unspecified atom stereocenters. The third-order valence-corrected chi connectivity index (χ3v) is 1.54. The van der Waals surface area contributed by atoms with E-state index in [0.29, 0.717) is 5.95 Å². The molecular weight excluding hydrogens is 158 g/mol. The molecule has 0 aliphatic carbocycles. The van der Waals surface area contributed by atoms with Crippen LogP contribution in [0.15, 0.2) is 4.79 Å². The van der Waals surface area contributed by atoms with Crippen LogP contribution in [0.1, 0.15) is 5.56 Å². The van der Waals surface area contributed by atoms with Gasteiger partial charge >= 0.3 is 0 Å². The Morgan fingerprint density at radius 1 is 1.50 bits per heavy atom. The quantitative estimate of drug-likeness (QED) is 0.613. The summed E-state index contributed by atoms with van der Waals surface area (Å²) in [6.45, 7) is 1.51. The maximum Gasteiger partial charge on any atom is 0.259 e. The van der Waals surface area contributed by atoms with Crippen molar-refractivity contribution in [1.82, 2.24) is 9.97 Å². The largest absolute Gasteiger partial charge is 0.493 e. The van der Waals surface area contributed by atoms with Gasteiger partial charge in [-0.15, -0.1) is 0 Å². The number of anilines is 1. The van der Waals surface area contributed by atoms with E-state index in [1.807, 2.05) is 0 Å². The predicted octanol–water partition coefficient (Wildman–Crippen LogP) is -0.150. The van der Waals surface area contributed by atoms with Crippen molar-refractivity contribution in [3.05, 3.63) is 15.9 Å². The number of aromatic amines is 1. The second-order valence-corrected chi connectivity index (χ2v) is 2.73. The first-order valence-corrected chi connectivity index (χ1v) is 3.49. The molecule has 0 atom stereocenters. The molecule has 1 rings (SSSR count). The molecule has 0 radical (unpaired) electrons. The van der Waals surface area contributed by atoms with Gasteiger partial charge in [0.2, 0.25) is 11.8 Å². The van der Waals surface area contributed by atoms with Gasteiger partial charge in [-0.05, 0) is 6.92 Å². The van der Waals surface area contributed by atoms with E-state index in [1.165, 1.54) is 6.92 Å². The van der Waals surface area contributed by atoms with Crippen LogP contribution in [0.4, 0.5) is 5.95 Å². The van der Waals surface area contributed by atoms with Gasteiger partial charge in [-0.3, -0.25) is 9.78 Å². The van der Waals surface area contributed by atoms with Gasteiger partial charge in [-0.2, -0.15) is 4.98 Å². The van der Waals surface area contributed by atoms with Gasteiger partial charge in [0.05, 0.1) is 5.56 Å². The van der Waals surface area contributed by atoms with Crippen LogP contribution in [0.5, 0.6) is 5.88 Å². The Morgan fingerprint density at radius 2 is 2.08 bits per heavy atom. The molecule has 1 heterocycles. The Labute approximate surface area is 69.7 Å². The van der Waals surface area contributed by atoms with E-state index in [1.54, 1.807) is 19.0 Å². The number of H-pyrrole nitrogens is 1. The van der Waals surface area contributed by atoms with Crippen molar-refractivity contribution in [3.8, 4) is 5.88 Å². The highest BCUT2D eigenvalue weighted by Crippen LogP contribution is 2.09. The molecule has 5 nitrogen and oxygen atoms in total. The van der Waals surface area contributed by atoms with Crippen molar-refractivity contribution in [2.75, 3.05) is 19.0 Å². The van der Waals surface area contributed by atoms with Crippen LogP contribution in [0, 0.1) is 6.92 Å². The SMILES string of the molecule is Cc1c(O)nc(N(C)C)[nH]c1=O. The molecule has 2 N–H and O–H groups in total. The van der Waals surface area contributed by atoms with Crippen molar-refractivity contribution in [3.63, 3.8) is 0 Å². The summed E-state index contributed by atoms with van der Waals surface area (Å²) in [4.78, 5) is 19.0. The lowest BCUT2D eigenvalue weighted by molar-refractivity contribution is 0.446. The first kappa shape index (κ1) is 8.58. The monoisotopic (exact) mass is 169 g/mol. The van der Waals surface area contributed by atoms with E-state index in [9.17, 15) is 9.90 Å². The third kappa shape index (κ3) is 1.39. The number of nitrogens with zero attached hydrogens (tertiary/aromatic N) is 2. The maximum absolute atomic E-state index is 11.1. The minimum atomic E-state index is -0.314. The van der Waals surface area contributed by atoms with Crippen LogP contribution in [0.3, 0.4) is 0 Å². The molecular formula is C7H11N3O2. The normalized spacial score (nSPS) is 9.92. The molecule has 0 fully saturated rings. The van der Waals surface area contributed by atoms with E-state index >= 15 is 0 Å². The smallest absolute Gasteiger partial charge is 0.259 e. The molecule has 0 bridgehead atoms. The van der Waals surface area contributed by atoms with Gasteiger partial charge in [0.25, 0.3) is 5.56 Å². The third-order valence-electron chi connectivity index (χ3n) is 1.54. The van der Waals surface area contributed by atoms with Crippen molar-refractivity contribution < 1.29 is 5.11 Å². The molecule has 0 saturated heterocycles. The Bertz CT molecular complexity index is 343. The van der Waals surface area contributed by atoms with Crippen molar-refractivity contribution >= 4 is 5.95 Å². The van der Waals surface area contributed by atoms with E-state index < -0.39 is 0 Å². The molecule has 1 aromatic rings. The highest BCUT2D eigenvalue weighted by Gasteiger charge is 2.06. The zero-order valence-corrected chi connectivity index (χ0v) is 7.25. The molecule has 12 heavy (non-hydrogen) atoms. The lowest BCUT2D eigenvalue weighted by Crippen LogP contribution is -2.19. The average Bonchev–Trinajstić information content (AvgIpc) is 1.99. The Hall–Kier alpha value is -1.52. The van der Waals surface area contributed by atoms with Crippen LogP contribution >= 0.6 is 0 Å². The second kappa shape index (κ2) is 2.84. The average molecular weight is 169 g/mol. The molecule has 5 heteroatoms. The molecule has 0 amide bonds. The number of aromatic hydroxyl groups is 1. The summed E-state index contributed by atoms with van der Waals surface area (Å²) in [6.07, 6.45) is 0. The molecule has 66 valence electrons. The lowest BCUT2D eigenvalue weighted by Gasteiger charge is -2.10. The van der Waals surface area contributed by atoms with Crippen molar-refractivity contribution in [1.29, 1.82) is 0 Å². The van der Waals surface area contributed by atoms with Crippen LogP contribution in [0.2, 0.25) is 0 Å². The minimum Gasteiger partial charge on any atom is -0.493 e. The van der Waals surface area contributed by atoms with Crippen molar-refractivity contribution in [2.24, 2.45) is 0 Å². The number of hydrogen-bond acceptors (Lipinski definition) is 4.